The summed E-state index contributed by atoms with van der Waals surface area (Å²) >= 11 is 9.35. The fourth-order valence-electron chi connectivity index (χ4n) is 2.34. The molecule has 0 saturated heterocycles. The molecule has 3 nitrogen and oxygen atoms in total. The van der Waals surface area contributed by atoms with Gasteiger partial charge in [0, 0.05) is 22.8 Å². The number of rotatable bonds is 7. The largest absolute Gasteiger partial charge is 0.388 e. The van der Waals surface area contributed by atoms with Gasteiger partial charge in [-0.05, 0) is 44.6 Å². The molecule has 0 aliphatic heterocycles. The van der Waals surface area contributed by atoms with Crippen molar-refractivity contribution in [3.8, 4) is 0 Å². The van der Waals surface area contributed by atoms with Crippen molar-refractivity contribution in [1.82, 2.24) is 10.2 Å². The van der Waals surface area contributed by atoms with Crippen molar-refractivity contribution < 1.29 is 5.11 Å². The molecule has 2 aromatic rings. The van der Waals surface area contributed by atoms with E-state index in [-0.39, 0.29) is 6.04 Å². The minimum absolute atomic E-state index is 0.0798. The smallest absolute Gasteiger partial charge is 0.0931 e. The Morgan fingerprint density at radius 1 is 1.33 bits per heavy atom. The molecular formula is C15H21ClN2OS2. The van der Waals surface area contributed by atoms with Crippen LogP contribution in [0, 0.1) is 0 Å². The normalized spacial score (nSPS) is 16.1. The van der Waals surface area contributed by atoms with Crippen LogP contribution in [-0.2, 0) is 0 Å². The first-order valence-electron chi connectivity index (χ1n) is 6.76. The summed E-state index contributed by atoms with van der Waals surface area (Å²) < 4.78 is 0.786. The third-order valence-electron chi connectivity index (χ3n) is 3.05. The molecule has 0 saturated carbocycles. The van der Waals surface area contributed by atoms with E-state index in [4.69, 9.17) is 11.6 Å². The van der Waals surface area contributed by atoms with Crippen LogP contribution >= 0.6 is 34.3 Å². The van der Waals surface area contributed by atoms with Gasteiger partial charge in [0.2, 0.25) is 0 Å². The maximum Gasteiger partial charge on any atom is 0.0931 e. The average Bonchev–Trinajstić information content (AvgIpc) is 3.00. The van der Waals surface area contributed by atoms with Crippen LogP contribution in [0.1, 0.15) is 22.7 Å². The van der Waals surface area contributed by atoms with Gasteiger partial charge in [-0.2, -0.15) is 0 Å². The first-order chi connectivity index (χ1) is 9.87. The van der Waals surface area contributed by atoms with Gasteiger partial charge < -0.3 is 15.3 Å². The van der Waals surface area contributed by atoms with Crippen molar-refractivity contribution in [3.63, 3.8) is 0 Å². The number of likely N-dealkylation sites (N-methyl/N-ethyl adjacent to an activating group) is 1. The van der Waals surface area contributed by atoms with Crippen LogP contribution in [0.3, 0.4) is 0 Å². The number of aliphatic hydroxyl groups is 1. The summed E-state index contributed by atoms with van der Waals surface area (Å²) in [6, 6.07) is 8.20. The Balaban J connectivity index is 2.11. The fraction of sp³-hybridized carbons (Fsp3) is 0.467. The van der Waals surface area contributed by atoms with E-state index in [1.54, 1.807) is 22.7 Å². The molecule has 2 heterocycles. The van der Waals surface area contributed by atoms with Gasteiger partial charge in [0.1, 0.15) is 0 Å². The minimum Gasteiger partial charge on any atom is -0.388 e. The van der Waals surface area contributed by atoms with E-state index in [1.807, 2.05) is 44.1 Å². The summed E-state index contributed by atoms with van der Waals surface area (Å²) in [4.78, 5) is 4.39. The van der Waals surface area contributed by atoms with Crippen molar-refractivity contribution >= 4 is 34.3 Å². The maximum atomic E-state index is 10.5. The van der Waals surface area contributed by atoms with E-state index in [1.165, 1.54) is 9.75 Å². The van der Waals surface area contributed by atoms with Crippen LogP contribution in [0.4, 0.5) is 0 Å². The van der Waals surface area contributed by atoms with Gasteiger partial charge in [-0.3, -0.25) is 0 Å². The molecule has 2 rings (SSSR count). The fourth-order valence-corrected chi connectivity index (χ4v) is 4.39. The van der Waals surface area contributed by atoms with Gasteiger partial charge in [-0.25, -0.2) is 0 Å². The van der Waals surface area contributed by atoms with E-state index >= 15 is 0 Å². The molecular weight excluding hydrogens is 324 g/mol. The zero-order valence-electron chi connectivity index (χ0n) is 12.5. The highest BCUT2D eigenvalue weighted by Crippen LogP contribution is 2.33. The second kappa shape index (κ2) is 7.22. The summed E-state index contributed by atoms with van der Waals surface area (Å²) in [6.45, 7) is 2.98. The molecule has 2 atom stereocenters. The third-order valence-corrected chi connectivity index (χ3v) is 5.28. The summed E-state index contributed by atoms with van der Waals surface area (Å²) in [5, 5.41) is 16.0. The standard InChI is InChI=1S/C15H21ClN2OS2/c1-15(19,10-18(2)3)9-17-14(11-5-4-8-20-11)12-6-7-13(16)21-12/h4-8,14,17,19H,9-10H2,1-3H3. The average molecular weight is 345 g/mol. The van der Waals surface area contributed by atoms with Gasteiger partial charge in [0.15, 0.2) is 0 Å². The molecule has 2 unspecified atom stereocenters. The van der Waals surface area contributed by atoms with Crippen LogP contribution < -0.4 is 5.32 Å². The highest BCUT2D eigenvalue weighted by molar-refractivity contribution is 7.16. The topological polar surface area (TPSA) is 35.5 Å². The minimum atomic E-state index is -0.778. The molecule has 0 fully saturated rings. The van der Waals surface area contributed by atoms with Crippen LogP contribution in [0.5, 0.6) is 0 Å². The first-order valence-corrected chi connectivity index (χ1v) is 8.84. The molecule has 2 aromatic heterocycles. The first kappa shape index (κ1) is 16.9. The summed E-state index contributed by atoms with van der Waals surface area (Å²) in [6.07, 6.45) is 0. The van der Waals surface area contributed by atoms with Crippen molar-refractivity contribution in [2.45, 2.75) is 18.6 Å². The molecule has 0 bridgehead atoms. The van der Waals surface area contributed by atoms with E-state index in [2.05, 4.69) is 16.8 Å². The molecule has 0 aliphatic rings. The summed E-state index contributed by atoms with van der Waals surface area (Å²) in [7, 11) is 3.93. The molecule has 116 valence electrons. The van der Waals surface area contributed by atoms with Gasteiger partial charge in [0.05, 0.1) is 16.0 Å². The van der Waals surface area contributed by atoms with E-state index in [9.17, 15) is 5.11 Å². The highest BCUT2D eigenvalue weighted by atomic mass is 35.5. The number of thiophene rings is 2. The van der Waals surface area contributed by atoms with Gasteiger partial charge in [-0.1, -0.05) is 17.7 Å². The SMILES string of the molecule is CN(C)CC(C)(O)CNC(c1cccs1)c1ccc(Cl)s1. The monoisotopic (exact) mass is 344 g/mol. The zero-order valence-corrected chi connectivity index (χ0v) is 14.9. The summed E-state index contributed by atoms with van der Waals surface area (Å²) in [5.41, 5.74) is -0.778. The Kier molecular flexibility index (Phi) is 5.82. The van der Waals surface area contributed by atoms with Gasteiger partial charge in [0.25, 0.3) is 0 Å². The second-order valence-electron chi connectivity index (χ2n) is 5.71. The van der Waals surface area contributed by atoms with Crippen LogP contribution in [0.25, 0.3) is 0 Å². The summed E-state index contributed by atoms with van der Waals surface area (Å²) in [5.74, 6) is 0. The Labute approximate surface area is 139 Å². The van der Waals surface area contributed by atoms with Gasteiger partial charge >= 0.3 is 0 Å². The number of halogens is 1. The Morgan fingerprint density at radius 2 is 2.10 bits per heavy atom. The number of nitrogens with zero attached hydrogens (tertiary/aromatic N) is 1. The van der Waals surface area contributed by atoms with Crippen LogP contribution in [0.15, 0.2) is 29.6 Å². The van der Waals surface area contributed by atoms with E-state index in [0.29, 0.717) is 13.1 Å². The molecule has 0 radical (unpaired) electrons. The predicted octanol–water partition coefficient (Wildman–Crippen LogP) is 3.45. The number of hydrogen-bond donors (Lipinski definition) is 2. The highest BCUT2D eigenvalue weighted by Gasteiger charge is 2.25. The van der Waals surface area contributed by atoms with Crippen molar-refractivity contribution in [1.29, 1.82) is 0 Å². The van der Waals surface area contributed by atoms with Crippen molar-refractivity contribution in [2.24, 2.45) is 0 Å². The zero-order chi connectivity index (χ0) is 15.5. The lowest BCUT2D eigenvalue weighted by Gasteiger charge is -2.29. The lowest BCUT2D eigenvalue weighted by Crippen LogP contribution is -2.46. The van der Waals surface area contributed by atoms with E-state index in [0.717, 1.165) is 4.34 Å². The molecule has 0 amide bonds. The van der Waals surface area contributed by atoms with E-state index < -0.39 is 5.60 Å². The second-order valence-corrected chi connectivity index (χ2v) is 8.43. The molecule has 21 heavy (non-hydrogen) atoms. The molecule has 6 heteroatoms. The van der Waals surface area contributed by atoms with Crippen LogP contribution in [0.2, 0.25) is 4.34 Å². The predicted molar refractivity (Wildman–Crippen MR) is 92.7 cm³/mol. The molecule has 2 N–H and O–H groups in total. The Bertz CT molecular complexity index is 552. The van der Waals surface area contributed by atoms with Gasteiger partial charge in [-0.15, -0.1) is 22.7 Å². The lowest BCUT2D eigenvalue weighted by atomic mass is 10.1. The number of hydrogen-bond acceptors (Lipinski definition) is 5. The van der Waals surface area contributed by atoms with Crippen molar-refractivity contribution in [3.05, 3.63) is 43.7 Å². The Hall–Kier alpha value is -0.430. The van der Waals surface area contributed by atoms with Crippen LogP contribution in [-0.4, -0.2) is 42.8 Å². The lowest BCUT2D eigenvalue weighted by molar-refractivity contribution is 0.0324. The maximum absolute atomic E-state index is 10.5. The molecule has 0 aromatic carbocycles. The molecule has 0 spiro atoms. The number of nitrogens with one attached hydrogen (secondary N) is 1. The third kappa shape index (κ3) is 5.06. The Morgan fingerprint density at radius 3 is 2.62 bits per heavy atom. The van der Waals surface area contributed by atoms with Crippen molar-refractivity contribution in [2.75, 3.05) is 27.2 Å². The quantitative estimate of drug-likeness (QED) is 0.807. The molecule has 0 aliphatic carbocycles.